The number of benzene rings is 1. The molecule has 2 N–H and O–H groups in total. The van der Waals surface area contributed by atoms with Crippen LogP contribution in [0.25, 0.3) is 11.3 Å². The van der Waals surface area contributed by atoms with E-state index in [1.165, 1.54) is 23.1 Å². The number of nitrogens with two attached hydrogens (primary N) is 1. The number of hydrogen-bond donors (Lipinski definition) is 1. The van der Waals surface area contributed by atoms with Crippen molar-refractivity contribution in [1.29, 1.82) is 0 Å². The fourth-order valence-corrected chi connectivity index (χ4v) is 3.63. The second kappa shape index (κ2) is 6.23. The van der Waals surface area contributed by atoms with Crippen LogP contribution >= 0.6 is 46.3 Å². The summed E-state index contributed by atoms with van der Waals surface area (Å²) < 4.78 is 6.08. The Balaban J connectivity index is 1.74. The van der Waals surface area contributed by atoms with Gasteiger partial charge in [0.25, 0.3) is 0 Å². The molecule has 0 unspecified atom stereocenters. The molecule has 21 heavy (non-hydrogen) atoms. The predicted molar refractivity (Wildman–Crippen MR) is 85.8 cm³/mol. The molecule has 0 bridgehead atoms. The average Bonchev–Trinajstić information content (AvgIpc) is 3.05. The van der Waals surface area contributed by atoms with Gasteiger partial charge in [-0.2, -0.15) is 0 Å². The van der Waals surface area contributed by atoms with Crippen molar-refractivity contribution in [3.05, 3.63) is 40.1 Å². The molecule has 0 atom stereocenters. The summed E-state index contributed by atoms with van der Waals surface area (Å²) in [5.41, 5.74) is 6.98. The van der Waals surface area contributed by atoms with E-state index in [1.54, 1.807) is 12.1 Å². The van der Waals surface area contributed by atoms with Gasteiger partial charge in [-0.05, 0) is 18.2 Å². The van der Waals surface area contributed by atoms with Gasteiger partial charge in [0.15, 0.2) is 4.34 Å². The van der Waals surface area contributed by atoms with Crippen molar-refractivity contribution < 1.29 is 4.52 Å². The van der Waals surface area contributed by atoms with Crippen LogP contribution in [-0.2, 0) is 5.75 Å². The van der Waals surface area contributed by atoms with E-state index >= 15 is 0 Å². The third-order valence-electron chi connectivity index (χ3n) is 2.53. The van der Waals surface area contributed by atoms with E-state index in [4.69, 9.17) is 33.5 Å². The van der Waals surface area contributed by atoms with Gasteiger partial charge in [-0.1, -0.05) is 51.5 Å². The van der Waals surface area contributed by atoms with E-state index in [0.29, 0.717) is 26.6 Å². The highest BCUT2D eigenvalue weighted by molar-refractivity contribution is 8.00. The first kappa shape index (κ1) is 14.6. The Kier molecular flexibility index (Phi) is 4.34. The lowest BCUT2D eigenvalue weighted by Crippen LogP contribution is -1.80. The van der Waals surface area contributed by atoms with Gasteiger partial charge in [0.2, 0.25) is 5.13 Å². The highest BCUT2D eigenvalue weighted by atomic mass is 35.5. The van der Waals surface area contributed by atoms with Crippen LogP contribution in [0.5, 0.6) is 0 Å². The van der Waals surface area contributed by atoms with E-state index in [9.17, 15) is 0 Å². The molecular formula is C12H8Cl2N4OS2. The van der Waals surface area contributed by atoms with Gasteiger partial charge in [-0.25, -0.2) is 0 Å². The summed E-state index contributed by atoms with van der Waals surface area (Å²) in [5, 5.41) is 13.3. The fraction of sp³-hybridized carbons (Fsp3) is 0.0833. The van der Waals surface area contributed by atoms with Crippen LogP contribution in [0.3, 0.4) is 0 Å². The Bertz CT molecular complexity index is 774. The van der Waals surface area contributed by atoms with Crippen molar-refractivity contribution >= 4 is 51.4 Å². The zero-order chi connectivity index (χ0) is 14.8. The molecule has 3 aromatic rings. The minimum atomic E-state index is 0.448. The van der Waals surface area contributed by atoms with Gasteiger partial charge in [0, 0.05) is 16.7 Å². The summed E-state index contributed by atoms with van der Waals surface area (Å²) in [4.78, 5) is 0. The molecule has 0 radical (unpaired) electrons. The van der Waals surface area contributed by atoms with E-state index in [0.717, 1.165) is 15.7 Å². The first-order chi connectivity index (χ1) is 10.1. The van der Waals surface area contributed by atoms with Crippen LogP contribution in [0.1, 0.15) is 5.76 Å². The largest absolute Gasteiger partial charge is 0.374 e. The maximum atomic E-state index is 6.15. The second-order valence-electron chi connectivity index (χ2n) is 4.00. The Morgan fingerprint density at radius 2 is 2.10 bits per heavy atom. The number of aromatic nitrogens is 3. The molecule has 1 aromatic carbocycles. The predicted octanol–water partition coefficient (Wildman–Crippen LogP) is 4.37. The molecule has 0 fully saturated rings. The Hall–Kier alpha value is -1.28. The summed E-state index contributed by atoms with van der Waals surface area (Å²) in [5.74, 6) is 1.31. The van der Waals surface area contributed by atoms with Crippen molar-refractivity contribution in [3.8, 4) is 11.3 Å². The highest BCUT2D eigenvalue weighted by Gasteiger charge is 2.11. The van der Waals surface area contributed by atoms with Gasteiger partial charge in [0.1, 0.15) is 11.5 Å². The number of hydrogen-bond acceptors (Lipinski definition) is 7. The van der Waals surface area contributed by atoms with Crippen LogP contribution in [0.15, 0.2) is 33.1 Å². The van der Waals surface area contributed by atoms with Crippen molar-refractivity contribution in [2.24, 2.45) is 0 Å². The third-order valence-corrected chi connectivity index (χ3v) is 4.98. The maximum absolute atomic E-state index is 6.15. The van der Waals surface area contributed by atoms with Crippen molar-refractivity contribution in [1.82, 2.24) is 15.4 Å². The third kappa shape index (κ3) is 3.49. The molecule has 0 aliphatic rings. The minimum Gasteiger partial charge on any atom is -0.374 e. The molecule has 0 aliphatic carbocycles. The first-order valence-electron chi connectivity index (χ1n) is 5.74. The van der Waals surface area contributed by atoms with E-state index < -0.39 is 0 Å². The minimum absolute atomic E-state index is 0.448. The molecule has 2 aromatic heterocycles. The SMILES string of the molecule is Nc1nnc(SCc2cc(-c3ccc(Cl)cc3Cl)no2)s1. The number of thioether (sulfide) groups is 1. The lowest BCUT2D eigenvalue weighted by molar-refractivity contribution is 0.397. The molecule has 108 valence electrons. The van der Waals surface area contributed by atoms with Gasteiger partial charge >= 0.3 is 0 Å². The van der Waals surface area contributed by atoms with Crippen molar-refractivity contribution in [2.75, 3.05) is 5.73 Å². The molecule has 0 saturated heterocycles. The van der Waals surface area contributed by atoms with Gasteiger partial charge in [-0.3, -0.25) is 0 Å². The quantitative estimate of drug-likeness (QED) is 0.697. The van der Waals surface area contributed by atoms with Crippen LogP contribution in [0.4, 0.5) is 5.13 Å². The Labute approximate surface area is 138 Å². The number of rotatable bonds is 4. The van der Waals surface area contributed by atoms with Crippen LogP contribution in [0.2, 0.25) is 10.0 Å². The molecule has 9 heteroatoms. The van der Waals surface area contributed by atoms with Crippen LogP contribution in [-0.4, -0.2) is 15.4 Å². The van der Waals surface area contributed by atoms with Gasteiger partial charge in [0.05, 0.1) is 10.8 Å². The monoisotopic (exact) mass is 358 g/mol. The molecular weight excluding hydrogens is 351 g/mol. The smallest absolute Gasteiger partial charge is 0.203 e. The topological polar surface area (TPSA) is 77.8 Å². The zero-order valence-corrected chi connectivity index (χ0v) is 13.6. The van der Waals surface area contributed by atoms with Crippen molar-refractivity contribution in [3.63, 3.8) is 0 Å². The lowest BCUT2D eigenvalue weighted by atomic mass is 10.1. The second-order valence-corrected chi connectivity index (χ2v) is 7.07. The molecule has 0 aliphatic heterocycles. The normalized spacial score (nSPS) is 11.0. The number of halogens is 2. The lowest BCUT2D eigenvalue weighted by Gasteiger charge is -1.99. The Morgan fingerprint density at radius 1 is 1.24 bits per heavy atom. The standard InChI is InChI=1S/C12H8Cl2N4OS2/c13-6-1-2-8(9(14)3-6)10-4-7(19-18-10)5-20-12-17-16-11(15)21-12/h1-4H,5H2,(H2,15,16). The molecule has 2 heterocycles. The summed E-state index contributed by atoms with van der Waals surface area (Å²) in [6.07, 6.45) is 0. The number of nitrogen functional groups attached to an aromatic ring is 1. The van der Waals surface area contributed by atoms with E-state index in [1.807, 2.05) is 12.1 Å². The first-order valence-corrected chi connectivity index (χ1v) is 8.30. The fourth-order valence-electron chi connectivity index (χ4n) is 1.62. The molecule has 5 nitrogen and oxygen atoms in total. The van der Waals surface area contributed by atoms with Gasteiger partial charge < -0.3 is 10.3 Å². The molecule has 0 amide bonds. The number of anilines is 1. The van der Waals surface area contributed by atoms with Crippen LogP contribution in [0, 0.1) is 0 Å². The van der Waals surface area contributed by atoms with Gasteiger partial charge in [-0.15, -0.1) is 10.2 Å². The maximum Gasteiger partial charge on any atom is 0.203 e. The summed E-state index contributed by atoms with van der Waals surface area (Å²) in [6, 6.07) is 7.08. The van der Waals surface area contributed by atoms with E-state index in [2.05, 4.69) is 15.4 Å². The Morgan fingerprint density at radius 3 is 2.81 bits per heavy atom. The van der Waals surface area contributed by atoms with Crippen LogP contribution < -0.4 is 5.73 Å². The highest BCUT2D eigenvalue weighted by Crippen LogP contribution is 2.32. The average molecular weight is 359 g/mol. The zero-order valence-electron chi connectivity index (χ0n) is 10.4. The van der Waals surface area contributed by atoms with E-state index in [-0.39, 0.29) is 0 Å². The summed E-state index contributed by atoms with van der Waals surface area (Å²) in [6.45, 7) is 0. The molecule has 0 spiro atoms. The molecule has 3 rings (SSSR count). The molecule has 0 saturated carbocycles. The van der Waals surface area contributed by atoms with Crippen molar-refractivity contribution in [2.45, 2.75) is 10.1 Å². The summed E-state index contributed by atoms with van der Waals surface area (Å²) >= 11 is 14.8. The summed E-state index contributed by atoms with van der Waals surface area (Å²) in [7, 11) is 0. The number of nitrogens with zero attached hydrogens (tertiary/aromatic N) is 3.